The fourth-order valence-electron chi connectivity index (χ4n) is 3.14. The monoisotopic (exact) mass is 441 g/mol. The van der Waals surface area contributed by atoms with Gasteiger partial charge < -0.3 is 15.7 Å². The minimum absolute atomic E-state index is 0.0659. The Morgan fingerprint density at radius 1 is 1.00 bits per heavy atom. The molecule has 4 rings (SSSR count). The number of aromatic nitrogens is 3. The van der Waals surface area contributed by atoms with Crippen molar-refractivity contribution in [2.24, 2.45) is 0 Å². The number of amides is 2. The highest BCUT2D eigenvalue weighted by molar-refractivity contribution is 6.00. The van der Waals surface area contributed by atoms with Crippen molar-refractivity contribution >= 4 is 29.0 Å². The van der Waals surface area contributed by atoms with Crippen LogP contribution >= 0.6 is 0 Å². The van der Waals surface area contributed by atoms with Crippen LogP contribution in [0.3, 0.4) is 0 Å². The van der Waals surface area contributed by atoms with Gasteiger partial charge in [0.15, 0.2) is 5.65 Å². The molecule has 0 spiro atoms. The molecule has 3 N–H and O–H groups in total. The molecule has 162 valence electrons. The maximum absolute atomic E-state index is 13.1. The number of carboxylic acids is 1. The molecule has 0 aliphatic heterocycles. The van der Waals surface area contributed by atoms with E-state index in [0.717, 1.165) is 12.1 Å². The summed E-state index contributed by atoms with van der Waals surface area (Å²) in [5.41, 5.74) is 0.136. The molecule has 11 heteroatoms. The van der Waals surface area contributed by atoms with Crippen molar-refractivity contribution in [3.05, 3.63) is 78.1 Å². The molecule has 0 aliphatic carbocycles. The number of urea groups is 1. The van der Waals surface area contributed by atoms with Crippen LogP contribution in [-0.2, 0) is 6.18 Å². The topological polar surface area (TPSA) is 109 Å². The third kappa shape index (κ3) is 4.08. The number of carboxylic acid groups (broad SMARTS) is 1. The van der Waals surface area contributed by atoms with Gasteiger partial charge in [-0.1, -0.05) is 24.3 Å². The van der Waals surface area contributed by atoms with Crippen molar-refractivity contribution < 1.29 is 27.9 Å². The Kier molecular flexibility index (Phi) is 5.23. The summed E-state index contributed by atoms with van der Waals surface area (Å²) in [6, 6.07) is 11.9. The molecule has 2 heterocycles. The van der Waals surface area contributed by atoms with Crippen molar-refractivity contribution in [1.82, 2.24) is 14.6 Å². The smallest absolute Gasteiger partial charge is 0.418 e. The molecule has 0 fully saturated rings. The fourth-order valence-corrected chi connectivity index (χ4v) is 3.14. The van der Waals surface area contributed by atoms with Gasteiger partial charge in [0.1, 0.15) is 5.56 Å². The van der Waals surface area contributed by atoms with Crippen molar-refractivity contribution in [2.45, 2.75) is 6.18 Å². The summed E-state index contributed by atoms with van der Waals surface area (Å²) in [6.45, 7) is 0. The van der Waals surface area contributed by atoms with Gasteiger partial charge in [-0.2, -0.15) is 18.3 Å². The highest BCUT2D eigenvalue weighted by Crippen LogP contribution is 2.34. The number of rotatable bonds is 4. The molecule has 0 saturated carbocycles. The third-order valence-electron chi connectivity index (χ3n) is 4.53. The number of benzene rings is 2. The van der Waals surface area contributed by atoms with Gasteiger partial charge in [-0.25, -0.2) is 19.1 Å². The Morgan fingerprint density at radius 2 is 1.78 bits per heavy atom. The molecule has 0 atom stereocenters. The normalized spacial score (nSPS) is 11.3. The molecular formula is C21H14F3N5O3. The Labute approximate surface area is 178 Å². The second-order valence-electron chi connectivity index (χ2n) is 6.63. The molecule has 2 aromatic carbocycles. The molecule has 4 aromatic rings. The average molecular weight is 441 g/mol. The number of anilines is 2. The van der Waals surface area contributed by atoms with Crippen molar-refractivity contribution in [2.75, 3.05) is 10.6 Å². The van der Waals surface area contributed by atoms with E-state index in [9.17, 15) is 27.9 Å². The predicted molar refractivity (Wildman–Crippen MR) is 109 cm³/mol. The number of halogens is 3. The lowest BCUT2D eigenvalue weighted by Crippen LogP contribution is -2.21. The van der Waals surface area contributed by atoms with E-state index < -0.39 is 23.7 Å². The number of aromatic carboxylic acids is 1. The predicted octanol–water partition coefficient (Wildman–Crippen LogP) is 4.76. The van der Waals surface area contributed by atoms with Gasteiger partial charge in [-0.05, 0) is 30.3 Å². The standard InChI is InChI=1S/C21H14F3N5O3/c22-21(23,24)15-6-1-2-7-16(15)28-20(32)27-13-5-3-4-12(10-13)17-8-9-25-18-14(19(30)31)11-26-29(17)18/h1-11H,(H,30,31)(H2,27,28,32). The molecule has 0 bridgehead atoms. The summed E-state index contributed by atoms with van der Waals surface area (Å²) in [7, 11) is 0. The number of hydrogen-bond acceptors (Lipinski definition) is 4. The van der Waals surface area contributed by atoms with Crippen molar-refractivity contribution in [1.29, 1.82) is 0 Å². The number of nitrogens with one attached hydrogen (secondary N) is 2. The van der Waals surface area contributed by atoms with E-state index in [4.69, 9.17) is 0 Å². The lowest BCUT2D eigenvalue weighted by molar-refractivity contribution is -0.136. The fraction of sp³-hybridized carbons (Fsp3) is 0.0476. The molecule has 2 aromatic heterocycles. The first-order valence-electron chi connectivity index (χ1n) is 9.15. The minimum atomic E-state index is -4.62. The van der Waals surface area contributed by atoms with Crippen molar-refractivity contribution in [3.63, 3.8) is 0 Å². The second-order valence-corrected chi connectivity index (χ2v) is 6.63. The van der Waals surface area contributed by atoms with E-state index in [0.29, 0.717) is 16.9 Å². The maximum Gasteiger partial charge on any atom is 0.418 e. The molecular weight excluding hydrogens is 427 g/mol. The first kappa shape index (κ1) is 20.8. The summed E-state index contributed by atoms with van der Waals surface area (Å²) >= 11 is 0. The van der Waals surface area contributed by atoms with E-state index in [1.807, 2.05) is 0 Å². The lowest BCUT2D eigenvalue weighted by atomic mass is 10.1. The number of nitrogens with zero attached hydrogens (tertiary/aromatic N) is 3. The number of fused-ring (bicyclic) bond motifs is 1. The summed E-state index contributed by atoms with van der Waals surface area (Å²) in [6.07, 6.45) is -2.00. The van der Waals surface area contributed by atoms with Gasteiger partial charge in [-0.15, -0.1) is 0 Å². The zero-order chi connectivity index (χ0) is 22.9. The lowest BCUT2D eigenvalue weighted by Gasteiger charge is -2.14. The largest absolute Gasteiger partial charge is 0.477 e. The number of hydrogen-bond donors (Lipinski definition) is 3. The van der Waals surface area contributed by atoms with Gasteiger partial charge >= 0.3 is 18.2 Å². The second kappa shape index (κ2) is 8.02. The zero-order valence-electron chi connectivity index (χ0n) is 16.1. The minimum Gasteiger partial charge on any atom is -0.477 e. The number of carbonyl (C=O) groups excluding carboxylic acids is 1. The van der Waals surface area contributed by atoms with Gasteiger partial charge in [0.05, 0.1) is 23.1 Å². The quantitative estimate of drug-likeness (QED) is 0.423. The van der Waals surface area contributed by atoms with Crippen LogP contribution in [0.25, 0.3) is 16.9 Å². The number of carbonyl (C=O) groups is 2. The third-order valence-corrected chi connectivity index (χ3v) is 4.53. The number of alkyl halides is 3. The highest BCUT2D eigenvalue weighted by Gasteiger charge is 2.33. The summed E-state index contributed by atoms with van der Waals surface area (Å²) in [5, 5.41) is 18.0. The van der Waals surface area contributed by atoms with E-state index >= 15 is 0 Å². The van der Waals surface area contributed by atoms with Gasteiger partial charge in [0.25, 0.3) is 0 Å². The average Bonchev–Trinajstić information content (AvgIpc) is 3.18. The van der Waals surface area contributed by atoms with E-state index in [1.54, 1.807) is 30.3 Å². The van der Waals surface area contributed by atoms with Crippen LogP contribution < -0.4 is 10.6 Å². The van der Waals surface area contributed by atoms with Gasteiger partial charge in [-0.3, -0.25) is 0 Å². The number of para-hydroxylation sites is 1. The van der Waals surface area contributed by atoms with Crippen LogP contribution in [0, 0.1) is 0 Å². The van der Waals surface area contributed by atoms with Gasteiger partial charge in [0.2, 0.25) is 0 Å². The Balaban J connectivity index is 1.60. The highest BCUT2D eigenvalue weighted by atomic mass is 19.4. The van der Waals surface area contributed by atoms with Crippen LogP contribution in [0.5, 0.6) is 0 Å². The van der Waals surface area contributed by atoms with Gasteiger partial charge in [0, 0.05) is 17.4 Å². The van der Waals surface area contributed by atoms with Crippen LogP contribution in [-0.4, -0.2) is 31.7 Å². The zero-order valence-corrected chi connectivity index (χ0v) is 16.1. The van der Waals surface area contributed by atoms with Crippen LogP contribution in [0.2, 0.25) is 0 Å². The van der Waals surface area contributed by atoms with E-state index in [-0.39, 0.29) is 16.9 Å². The summed E-state index contributed by atoms with van der Waals surface area (Å²) in [5.74, 6) is -1.17. The Morgan fingerprint density at radius 3 is 2.53 bits per heavy atom. The molecule has 32 heavy (non-hydrogen) atoms. The summed E-state index contributed by atoms with van der Waals surface area (Å²) < 4.78 is 40.7. The SMILES string of the molecule is O=C(Nc1cccc(-c2ccnc3c(C(=O)O)cnn23)c1)Nc1ccccc1C(F)(F)F. The van der Waals surface area contributed by atoms with E-state index in [1.165, 1.54) is 29.0 Å². The molecule has 0 aliphatic rings. The molecule has 0 unspecified atom stereocenters. The van der Waals surface area contributed by atoms with Crippen LogP contribution in [0.4, 0.5) is 29.3 Å². The van der Waals surface area contributed by atoms with Crippen LogP contribution in [0.1, 0.15) is 15.9 Å². The first-order valence-corrected chi connectivity index (χ1v) is 9.15. The first-order chi connectivity index (χ1) is 15.2. The van der Waals surface area contributed by atoms with E-state index in [2.05, 4.69) is 20.7 Å². The van der Waals surface area contributed by atoms with Crippen molar-refractivity contribution in [3.8, 4) is 11.3 Å². The molecule has 8 nitrogen and oxygen atoms in total. The van der Waals surface area contributed by atoms with Crippen LogP contribution in [0.15, 0.2) is 67.0 Å². The maximum atomic E-state index is 13.1. The Bertz CT molecular complexity index is 1330. The molecule has 0 saturated heterocycles. The molecule has 0 radical (unpaired) electrons. The Hall–Kier alpha value is -4.41. The summed E-state index contributed by atoms with van der Waals surface area (Å²) in [4.78, 5) is 27.7. The molecule has 2 amide bonds.